The average Bonchev–Trinajstić information content (AvgIpc) is 2.56. The number of hydrogen-bond donors (Lipinski definition) is 1. The highest BCUT2D eigenvalue weighted by molar-refractivity contribution is 5.74. The number of alkyl halides is 3. The number of halogens is 3. The van der Waals surface area contributed by atoms with Crippen molar-refractivity contribution in [3.05, 3.63) is 40.7 Å². The van der Waals surface area contributed by atoms with Gasteiger partial charge in [0.15, 0.2) is 0 Å². The van der Waals surface area contributed by atoms with Gasteiger partial charge in [-0.3, -0.25) is 10.1 Å². The summed E-state index contributed by atoms with van der Waals surface area (Å²) < 4.78 is 40.3. The Morgan fingerprint density at radius 1 is 1.19 bits per heavy atom. The fourth-order valence-corrected chi connectivity index (χ4v) is 2.26. The zero-order chi connectivity index (χ0) is 19.3. The van der Waals surface area contributed by atoms with Crippen LogP contribution in [-0.2, 0) is 0 Å². The highest BCUT2D eigenvalue weighted by atomic mass is 19.4. The predicted molar refractivity (Wildman–Crippen MR) is 88.7 cm³/mol. The van der Waals surface area contributed by atoms with E-state index in [9.17, 15) is 23.3 Å². The van der Waals surface area contributed by atoms with Crippen molar-refractivity contribution in [2.75, 3.05) is 23.3 Å². The van der Waals surface area contributed by atoms with Crippen LogP contribution in [0.4, 0.5) is 36.2 Å². The summed E-state index contributed by atoms with van der Waals surface area (Å²) in [5, 5.41) is 14.2. The number of nitrogens with one attached hydrogen (secondary N) is 1. The molecule has 8 nitrogen and oxygen atoms in total. The van der Waals surface area contributed by atoms with Crippen LogP contribution in [0.5, 0.6) is 5.75 Å². The van der Waals surface area contributed by atoms with Crippen LogP contribution in [0.1, 0.15) is 13.8 Å². The van der Waals surface area contributed by atoms with Gasteiger partial charge in [-0.15, -0.1) is 13.2 Å². The predicted octanol–water partition coefficient (Wildman–Crippen LogP) is 3.87. The average molecular weight is 371 g/mol. The molecule has 0 fully saturated rings. The first-order valence-electron chi connectivity index (χ1n) is 7.62. The SMILES string of the molecule is CCN(CC)c1ncnc(Nc2ccc(OC(F)(F)F)cc2)c1[N+](=O)[O-]. The molecule has 140 valence electrons. The zero-order valence-corrected chi connectivity index (χ0v) is 13.9. The van der Waals surface area contributed by atoms with Crippen LogP contribution >= 0.6 is 0 Å². The number of hydrogen-bond acceptors (Lipinski definition) is 7. The molecule has 2 rings (SSSR count). The molecule has 0 saturated carbocycles. The van der Waals surface area contributed by atoms with Gasteiger partial charge in [0, 0.05) is 18.8 Å². The van der Waals surface area contributed by atoms with Crippen LogP contribution in [0.25, 0.3) is 0 Å². The summed E-state index contributed by atoms with van der Waals surface area (Å²) in [4.78, 5) is 20.5. The molecule has 1 aromatic heterocycles. The quantitative estimate of drug-likeness (QED) is 0.583. The van der Waals surface area contributed by atoms with Crippen molar-refractivity contribution < 1.29 is 22.8 Å². The van der Waals surface area contributed by atoms with Gasteiger partial charge in [-0.2, -0.15) is 0 Å². The van der Waals surface area contributed by atoms with Gasteiger partial charge in [0.1, 0.15) is 12.1 Å². The second kappa shape index (κ2) is 7.85. The number of anilines is 3. The molecule has 0 amide bonds. The smallest absolute Gasteiger partial charge is 0.406 e. The Morgan fingerprint density at radius 2 is 1.81 bits per heavy atom. The van der Waals surface area contributed by atoms with E-state index in [0.29, 0.717) is 18.8 Å². The lowest BCUT2D eigenvalue weighted by atomic mass is 10.3. The van der Waals surface area contributed by atoms with Crippen molar-refractivity contribution in [1.29, 1.82) is 0 Å². The molecule has 1 N–H and O–H groups in total. The minimum atomic E-state index is -4.79. The second-order valence-electron chi connectivity index (χ2n) is 5.02. The monoisotopic (exact) mass is 371 g/mol. The maximum Gasteiger partial charge on any atom is 0.573 e. The van der Waals surface area contributed by atoms with E-state index in [1.54, 1.807) is 4.90 Å². The summed E-state index contributed by atoms with van der Waals surface area (Å²) in [7, 11) is 0. The van der Waals surface area contributed by atoms with E-state index < -0.39 is 17.0 Å². The van der Waals surface area contributed by atoms with Gasteiger partial charge in [-0.1, -0.05) is 0 Å². The van der Waals surface area contributed by atoms with Gasteiger partial charge in [0.25, 0.3) is 0 Å². The molecule has 26 heavy (non-hydrogen) atoms. The Bertz CT molecular complexity index is 764. The van der Waals surface area contributed by atoms with E-state index >= 15 is 0 Å². The molecule has 0 atom stereocenters. The van der Waals surface area contributed by atoms with Gasteiger partial charge in [-0.25, -0.2) is 9.97 Å². The number of nitro groups is 1. The molecule has 1 heterocycles. The summed E-state index contributed by atoms with van der Waals surface area (Å²) in [5.41, 5.74) is -0.00126. The third-order valence-corrected chi connectivity index (χ3v) is 3.40. The number of rotatable bonds is 7. The van der Waals surface area contributed by atoms with Crippen LogP contribution < -0.4 is 15.0 Å². The van der Waals surface area contributed by atoms with Crippen molar-refractivity contribution in [2.24, 2.45) is 0 Å². The number of nitrogens with zero attached hydrogens (tertiary/aromatic N) is 4. The normalized spacial score (nSPS) is 11.1. The van der Waals surface area contributed by atoms with Crippen LogP contribution in [0.15, 0.2) is 30.6 Å². The lowest BCUT2D eigenvalue weighted by Gasteiger charge is -2.20. The first-order valence-corrected chi connectivity index (χ1v) is 7.62. The Kier molecular flexibility index (Phi) is 5.80. The van der Waals surface area contributed by atoms with E-state index in [4.69, 9.17) is 0 Å². The summed E-state index contributed by atoms with van der Waals surface area (Å²) in [6, 6.07) is 4.77. The summed E-state index contributed by atoms with van der Waals surface area (Å²) >= 11 is 0. The van der Waals surface area contributed by atoms with Crippen LogP contribution in [-0.4, -0.2) is 34.3 Å². The minimum Gasteiger partial charge on any atom is -0.406 e. The van der Waals surface area contributed by atoms with Gasteiger partial charge < -0.3 is 15.0 Å². The third kappa shape index (κ3) is 4.71. The molecule has 11 heteroatoms. The third-order valence-electron chi connectivity index (χ3n) is 3.40. The minimum absolute atomic E-state index is 0.0589. The summed E-state index contributed by atoms with van der Waals surface area (Å²) in [6.07, 6.45) is -3.61. The fraction of sp³-hybridized carbons (Fsp3) is 0.333. The summed E-state index contributed by atoms with van der Waals surface area (Å²) in [5.74, 6) is -0.296. The fourth-order valence-electron chi connectivity index (χ4n) is 2.26. The van der Waals surface area contributed by atoms with E-state index in [1.807, 2.05) is 13.8 Å². The molecule has 0 saturated heterocycles. The van der Waals surface area contributed by atoms with Crippen molar-refractivity contribution in [3.63, 3.8) is 0 Å². The Balaban J connectivity index is 2.32. The summed E-state index contributed by atoms with van der Waals surface area (Å²) in [6.45, 7) is 4.69. The molecule has 0 aliphatic rings. The largest absolute Gasteiger partial charge is 0.573 e. The van der Waals surface area contributed by atoms with E-state index in [2.05, 4.69) is 20.0 Å². The van der Waals surface area contributed by atoms with Gasteiger partial charge >= 0.3 is 12.0 Å². The lowest BCUT2D eigenvalue weighted by molar-refractivity contribution is -0.383. The van der Waals surface area contributed by atoms with Gasteiger partial charge in [0.05, 0.1) is 4.92 Å². The van der Waals surface area contributed by atoms with Crippen LogP contribution in [0, 0.1) is 10.1 Å². The van der Waals surface area contributed by atoms with Crippen molar-refractivity contribution >= 4 is 23.0 Å². The molecule has 0 radical (unpaired) electrons. The lowest BCUT2D eigenvalue weighted by Crippen LogP contribution is -2.24. The van der Waals surface area contributed by atoms with Crippen LogP contribution in [0.2, 0.25) is 0 Å². The molecule has 0 unspecified atom stereocenters. The maximum atomic E-state index is 12.2. The molecule has 0 spiro atoms. The van der Waals surface area contributed by atoms with Gasteiger partial charge in [0.2, 0.25) is 11.6 Å². The topological polar surface area (TPSA) is 93.4 Å². The molecular formula is C15H16F3N5O3. The molecule has 1 aromatic carbocycles. The van der Waals surface area contributed by atoms with Crippen molar-refractivity contribution in [1.82, 2.24) is 9.97 Å². The number of benzene rings is 1. The number of aromatic nitrogens is 2. The highest BCUT2D eigenvalue weighted by Gasteiger charge is 2.31. The van der Waals surface area contributed by atoms with E-state index in [-0.39, 0.29) is 17.3 Å². The van der Waals surface area contributed by atoms with Gasteiger partial charge in [-0.05, 0) is 38.1 Å². The first-order chi connectivity index (χ1) is 12.2. The van der Waals surface area contributed by atoms with E-state index in [1.165, 1.54) is 18.5 Å². The zero-order valence-electron chi connectivity index (χ0n) is 13.9. The Labute approximate surface area is 146 Å². The second-order valence-corrected chi connectivity index (χ2v) is 5.02. The molecule has 0 bridgehead atoms. The molecule has 0 aliphatic heterocycles. The first kappa shape index (κ1) is 19.2. The Hall–Kier alpha value is -3.11. The van der Waals surface area contributed by atoms with E-state index in [0.717, 1.165) is 12.1 Å². The maximum absolute atomic E-state index is 12.2. The molecule has 2 aromatic rings. The Morgan fingerprint density at radius 3 is 2.31 bits per heavy atom. The molecule has 0 aliphatic carbocycles. The highest BCUT2D eigenvalue weighted by Crippen LogP contribution is 2.34. The van der Waals surface area contributed by atoms with Crippen molar-refractivity contribution in [3.8, 4) is 5.75 Å². The number of ether oxygens (including phenoxy) is 1. The van der Waals surface area contributed by atoms with Crippen LogP contribution in [0.3, 0.4) is 0 Å². The standard InChI is InChI=1S/C15H16F3N5O3/c1-3-22(4-2)14-12(23(24)25)13(19-9-20-14)21-10-5-7-11(8-6-10)26-15(16,17)18/h5-9H,3-4H2,1-2H3,(H,19,20,21). The molecular weight excluding hydrogens is 355 g/mol. The van der Waals surface area contributed by atoms with Crippen molar-refractivity contribution in [2.45, 2.75) is 20.2 Å².